The van der Waals surface area contributed by atoms with Gasteiger partial charge in [-0.3, -0.25) is 54.0 Å². The topological polar surface area (TPSA) is 471 Å². The molecule has 2 fully saturated rings. The van der Waals surface area contributed by atoms with Gasteiger partial charge in [0, 0.05) is 155 Å². The number of imidazole rings is 4. The second-order valence-electron chi connectivity index (χ2n) is 19.1. The average molecular weight is 1640 g/mol. The standard InChI is InChI=1S/C14H18N4O3.C13H16ClN5O5S.C11H15N5O5S.C10H11ClN4O3.4Y/c1-9-12-13(16-7-15-9)18(8-17-12)6-11-10(4-5-19)20-14(2,3)21-11;1-13(2)23-8(3-4-22-25(15,20)21)9(24-13)5-19-7-18-10-11(14)16-6-17-12(10)19;1-7-10-11(14-5-13-7)16(6-15-10)4-9(18)8(17)2-3-21-22(12,19)20;11-9-8-10(13-4-12-9)15(5-14-8)3-7(18)6(17)1-2-16;;;;/h4,6-8,10-11,19H,5H2,1-3H3;3,5-9H,4H2,1-2H3,(H2,15,20,21);2,4-6,8-9,17-18H,3H2,1H3,(H2,12,19,20);1,3-7,16-18H,2H2;;;;/q4*-2;;;;/t10-,11+;2*8-,9+;6-,7+;;;;/m1111..../s1. The second-order valence-corrected chi connectivity index (χ2v) is 22.3. The molecule has 0 unspecified atom stereocenters. The number of nitrogens with zero attached hydrogens (tertiary/aromatic N) is 16. The molecule has 10 rings (SSSR count). The fourth-order valence-electron chi connectivity index (χ4n) is 8.03. The maximum atomic E-state index is 10.9. The third-order valence-corrected chi connectivity index (χ3v) is 13.3. The molecule has 0 saturated carbocycles. The zero-order chi connectivity index (χ0) is 62.7. The van der Waals surface area contributed by atoms with Crippen molar-refractivity contribution in [3.05, 3.63) is 124 Å². The second kappa shape index (κ2) is 36.9. The number of nitrogens with two attached hydrogens (primary N) is 2. The molecular formula is C48H60Cl2N18O16S2Y4-8. The summed E-state index contributed by atoms with van der Waals surface area (Å²) in [5.41, 5.74) is 5.82. The Morgan fingerprint density at radius 1 is 0.500 bits per heavy atom. The quantitative estimate of drug-likeness (QED) is 0.0297. The van der Waals surface area contributed by atoms with Crippen molar-refractivity contribution in [1.29, 1.82) is 0 Å². The maximum Gasteiger partial charge on any atom is 0.330 e. The number of ether oxygens (including phenoxy) is 4. The van der Waals surface area contributed by atoms with Crippen molar-refractivity contribution in [3.8, 4) is 0 Å². The summed E-state index contributed by atoms with van der Waals surface area (Å²) < 4.78 is 81.1. The molecule has 8 aromatic rings. The Morgan fingerprint density at radius 2 is 0.844 bits per heavy atom. The van der Waals surface area contributed by atoms with E-state index in [1.165, 1.54) is 79.4 Å². The normalized spacial score (nSPS) is 18.8. The van der Waals surface area contributed by atoms with Crippen molar-refractivity contribution >= 4 is 88.5 Å². The Balaban J connectivity index is 0.000000311. The van der Waals surface area contributed by atoms with E-state index < -0.39 is 75.4 Å². The summed E-state index contributed by atoms with van der Waals surface area (Å²) in [6, 6.07) is 0. The van der Waals surface area contributed by atoms with Crippen molar-refractivity contribution in [2.45, 2.75) is 102 Å². The van der Waals surface area contributed by atoms with Gasteiger partial charge in [0.25, 0.3) is 0 Å². The Hall–Kier alpha value is -1.98. The molecule has 42 heteroatoms. The molecular weight excluding hydrogens is 1580 g/mol. The van der Waals surface area contributed by atoms with E-state index in [9.17, 15) is 37.3 Å². The van der Waals surface area contributed by atoms with Crippen LogP contribution in [0.4, 0.5) is 0 Å². The number of aryl methyl sites for hydroxylation is 2. The molecule has 0 bridgehead atoms. The van der Waals surface area contributed by atoms with Gasteiger partial charge >= 0.3 is 20.6 Å². The Labute approximate surface area is 627 Å². The summed E-state index contributed by atoms with van der Waals surface area (Å²) in [6.45, 7) is 15.9. The van der Waals surface area contributed by atoms with Crippen LogP contribution >= 0.6 is 23.2 Å². The summed E-state index contributed by atoms with van der Waals surface area (Å²) in [5, 5.41) is 66.4. The minimum Gasteiger partial charge on any atom is -0.451 e. The first kappa shape index (κ1) is 82.2. The molecule has 8 atom stereocenters. The third-order valence-electron chi connectivity index (χ3n) is 11.8. The van der Waals surface area contributed by atoms with Crippen LogP contribution in [0.5, 0.6) is 0 Å². The van der Waals surface area contributed by atoms with Crippen LogP contribution in [0, 0.1) is 65.7 Å². The first-order valence-corrected chi connectivity index (χ1v) is 28.9. The van der Waals surface area contributed by atoms with E-state index in [2.05, 4.69) is 73.3 Å². The van der Waals surface area contributed by atoms with Crippen LogP contribution in [-0.2, 0) is 179 Å². The monoisotopic (exact) mass is 1630 g/mol. The largest absolute Gasteiger partial charge is 0.451 e. The van der Waals surface area contributed by atoms with Crippen molar-refractivity contribution in [3.63, 3.8) is 0 Å². The van der Waals surface area contributed by atoms with Crippen LogP contribution < -0.4 is 10.3 Å². The maximum absolute atomic E-state index is 10.9. The van der Waals surface area contributed by atoms with E-state index in [1.807, 2.05) is 27.3 Å². The molecule has 2 saturated heterocycles. The van der Waals surface area contributed by atoms with Gasteiger partial charge in [-0.1, -0.05) is 75.8 Å². The summed E-state index contributed by atoms with van der Waals surface area (Å²) in [5.74, 6) is -1.56. The van der Waals surface area contributed by atoms with Crippen LogP contribution in [0.2, 0.25) is 10.3 Å². The molecule has 2 aliphatic heterocycles. The first-order valence-electron chi connectivity index (χ1n) is 25.2. The van der Waals surface area contributed by atoms with Crippen molar-refractivity contribution in [2.24, 2.45) is 10.3 Å². The fourth-order valence-corrected chi connectivity index (χ4v) is 8.92. The van der Waals surface area contributed by atoms with Crippen LogP contribution in [0.3, 0.4) is 0 Å². The molecule has 0 spiro atoms. The van der Waals surface area contributed by atoms with Crippen molar-refractivity contribution in [2.75, 3.05) is 26.4 Å². The van der Waals surface area contributed by atoms with Gasteiger partial charge < -0.3 is 87.8 Å². The predicted molar refractivity (Wildman–Crippen MR) is 301 cm³/mol. The molecule has 0 amide bonds. The van der Waals surface area contributed by atoms with Gasteiger partial charge in [0.05, 0.1) is 56.0 Å². The summed E-state index contributed by atoms with van der Waals surface area (Å²) >= 11 is 11.8. The SMILES string of the molecule is CC1(C)O[C@@H]([CH-]n2cnc3c(Cl)ncnc32)[C@@H]([CH-]COS(N)(=O)=O)O1.Cc1ncnc2c1ncn2[CH-][C@@H]1OC(C)(C)O[C@@H]1[CH-]CO.Cc1ncnc2c1ncn2[CH-][C@H](O)[C@H](O)[CH-]COS(N)(=O)=O.OC[CH-][C@@H](O)[C@@H](O)[CH-]n1cnc2c(Cl)ncnc21.[Y].[Y].[Y].[Y]. The van der Waals surface area contributed by atoms with Crippen LogP contribution in [0.1, 0.15) is 39.1 Å². The number of hydrogen-bond acceptors (Lipinski definition) is 28. The number of fused-ring (bicyclic) bond motifs is 4. The molecule has 10 heterocycles. The van der Waals surface area contributed by atoms with Crippen LogP contribution in [0.15, 0.2) is 50.6 Å². The molecule has 0 aliphatic carbocycles. The van der Waals surface area contributed by atoms with Gasteiger partial charge in [0.2, 0.25) is 0 Å². The number of aliphatic hydroxyl groups excluding tert-OH is 6. The molecule has 4 radical (unpaired) electrons. The van der Waals surface area contributed by atoms with Gasteiger partial charge in [-0.15, -0.1) is 0 Å². The number of halogens is 2. The summed E-state index contributed by atoms with van der Waals surface area (Å²) in [7, 11) is -8.13. The van der Waals surface area contributed by atoms with Crippen LogP contribution in [0.25, 0.3) is 44.7 Å². The fraction of sp³-hybridized carbons (Fsp3) is 0.417. The Kier molecular flexibility index (Phi) is 33.8. The minimum absolute atomic E-state index is 0. The van der Waals surface area contributed by atoms with E-state index in [1.54, 1.807) is 49.2 Å². The average Bonchev–Trinajstić information content (AvgIpc) is 2.31. The van der Waals surface area contributed by atoms with E-state index in [0.29, 0.717) is 39.2 Å². The van der Waals surface area contributed by atoms with Crippen molar-refractivity contribution in [1.82, 2.24) is 78.1 Å². The minimum atomic E-state index is -4.10. The van der Waals surface area contributed by atoms with E-state index in [4.69, 9.17) is 57.5 Å². The molecule has 2 aliphatic rings. The zero-order valence-electron chi connectivity index (χ0n) is 48.6. The number of hydrogen-bond donors (Lipinski definition) is 8. The van der Waals surface area contributed by atoms with E-state index in [-0.39, 0.29) is 173 Å². The zero-order valence-corrected chi connectivity index (χ0v) is 63.1. The van der Waals surface area contributed by atoms with Gasteiger partial charge in [-0.25, -0.2) is 30.2 Å². The van der Waals surface area contributed by atoms with Gasteiger partial charge in [-0.05, 0) is 91.3 Å². The molecule has 8 aromatic heterocycles. The summed E-state index contributed by atoms with van der Waals surface area (Å²) in [4.78, 5) is 48.8. The number of rotatable bonds is 22. The van der Waals surface area contributed by atoms with Crippen molar-refractivity contribution < 1.29 is 206 Å². The summed E-state index contributed by atoms with van der Waals surface area (Å²) in [6.07, 6.45) is 10.1. The van der Waals surface area contributed by atoms with Crippen LogP contribution in [-0.4, -0.2) is 212 Å². The molecule has 10 N–H and O–H groups in total. The Bertz CT molecular complexity index is 3770. The van der Waals surface area contributed by atoms with Gasteiger partial charge in [-0.2, -0.15) is 16.8 Å². The first-order chi connectivity index (χ1) is 40.6. The van der Waals surface area contributed by atoms with E-state index >= 15 is 0 Å². The molecule has 0 aromatic carbocycles. The number of aromatic nitrogens is 16. The smallest absolute Gasteiger partial charge is 0.330 e. The molecule has 484 valence electrons. The number of aliphatic hydroxyl groups is 6. The van der Waals surface area contributed by atoms with Gasteiger partial charge in [0.1, 0.15) is 35.6 Å². The van der Waals surface area contributed by atoms with Gasteiger partial charge in [0.15, 0.2) is 11.6 Å². The molecule has 34 nitrogen and oxygen atoms in total. The predicted octanol–water partition coefficient (Wildman–Crippen LogP) is -1.02. The Morgan fingerprint density at radius 3 is 1.27 bits per heavy atom. The third kappa shape index (κ3) is 23.7. The molecule has 90 heavy (non-hydrogen) atoms. The van der Waals surface area contributed by atoms with E-state index in [0.717, 1.165) is 23.3 Å².